The highest BCUT2D eigenvalue weighted by atomic mass is 19.1. The van der Waals surface area contributed by atoms with E-state index in [1.807, 2.05) is 0 Å². The summed E-state index contributed by atoms with van der Waals surface area (Å²) in [6.45, 7) is 0.934. The summed E-state index contributed by atoms with van der Waals surface area (Å²) in [6.07, 6.45) is 2.25. The van der Waals surface area contributed by atoms with Gasteiger partial charge in [-0.15, -0.1) is 0 Å². The van der Waals surface area contributed by atoms with Crippen LogP contribution in [0.4, 0.5) is 4.39 Å². The zero-order valence-corrected chi connectivity index (χ0v) is 11.2. The van der Waals surface area contributed by atoms with Crippen molar-refractivity contribution in [1.82, 2.24) is 4.90 Å². The van der Waals surface area contributed by atoms with Crippen molar-refractivity contribution in [2.75, 3.05) is 13.1 Å². The van der Waals surface area contributed by atoms with Gasteiger partial charge in [-0.3, -0.25) is 9.59 Å². The Bertz CT molecular complexity index is 486. The van der Waals surface area contributed by atoms with Crippen LogP contribution in [-0.4, -0.2) is 35.0 Å². The number of carbonyl (C=O) groups excluding carboxylic acids is 1. The van der Waals surface area contributed by atoms with E-state index >= 15 is 0 Å². The molecular formula is C15H18FNO3. The Balaban J connectivity index is 1.85. The molecule has 0 aliphatic carbocycles. The number of likely N-dealkylation sites (tertiary alicyclic amines) is 1. The van der Waals surface area contributed by atoms with E-state index in [2.05, 4.69) is 0 Å². The Morgan fingerprint density at radius 1 is 1.30 bits per heavy atom. The Kier molecular flexibility index (Phi) is 4.71. The number of hydrogen-bond acceptors (Lipinski definition) is 2. The van der Waals surface area contributed by atoms with Crippen molar-refractivity contribution in [2.45, 2.75) is 25.7 Å². The van der Waals surface area contributed by atoms with Crippen molar-refractivity contribution in [3.8, 4) is 0 Å². The fourth-order valence-electron chi connectivity index (χ4n) is 2.47. The van der Waals surface area contributed by atoms with E-state index in [1.165, 1.54) is 12.1 Å². The van der Waals surface area contributed by atoms with Crippen molar-refractivity contribution >= 4 is 11.9 Å². The van der Waals surface area contributed by atoms with E-state index in [4.69, 9.17) is 5.11 Å². The lowest BCUT2D eigenvalue weighted by Crippen LogP contribution is -2.42. The number of halogens is 1. The SMILES string of the molecule is O=C(O)C1CCCN(C(=O)CCc2ccc(F)cc2)C1. The number of hydrogen-bond donors (Lipinski definition) is 1. The number of aliphatic carboxylic acids is 1. The van der Waals surface area contributed by atoms with Gasteiger partial charge in [-0.25, -0.2) is 4.39 Å². The van der Waals surface area contributed by atoms with Crippen LogP contribution >= 0.6 is 0 Å². The summed E-state index contributed by atoms with van der Waals surface area (Å²) < 4.78 is 12.8. The van der Waals surface area contributed by atoms with E-state index in [1.54, 1.807) is 17.0 Å². The highest BCUT2D eigenvalue weighted by Crippen LogP contribution is 2.18. The number of piperidine rings is 1. The second kappa shape index (κ2) is 6.50. The van der Waals surface area contributed by atoms with Crippen LogP contribution in [0.3, 0.4) is 0 Å². The maximum Gasteiger partial charge on any atom is 0.308 e. The van der Waals surface area contributed by atoms with Crippen LogP contribution in [0.1, 0.15) is 24.8 Å². The van der Waals surface area contributed by atoms with E-state index in [0.29, 0.717) is 32.4 Å². The smallest absolute Gasteiger partial charge is 0.308 e. The number of rotatable bonds is 4. The lowest BCUT2D eigenvalue weighted by atomic mass is 9.97. The molecule has 0 aromatic heterocycles. The highest BCUT2D eigenvalue weighted by Gasteiger charge is 2.27. The normalized spacial score (nSPS) is 18.9. The number of benzene rings is 1. The second-order valence-electron chi connectivity index (χ2n) is 5.14. The number of nitrogens with zero attached hydrogens (tertiary/aromatic N) is 1. The van der Waals surface area contributed by atoms with E-state index in [0.717, 1.165) is 12.0 Å². The van der Waals surface area contributed by atoms with Gasteiger partial charge in [0.15, 0.2) is 0 Å². The number of carboxylic acid groups (broad SMARTS) is 1. The molecule has 1 amide bonds. The first-order valence-electron chi connectivity index (χ1n) is 6.81. The van der Waals surface area contributed by atoms with Crippen LogP contribution in [0.5, 0.6) is 0 Å². The maximum absolute atomic E-state index is 12.8. The van der Waals surface area contributed by atoms with E-state index < -0.39 is 11.9 Å². The lowest BCUT2D eigenvalue weighted by molar-refractivity contribution is -0.145. The molecule has 108 valence electrons. The van der Waals surface area contributed by atoms with Crippen molar-refractivity contribution in [3.63, 3.8) is 0 Å². The summed E-state index contributed by atoms with van der Waals surface area (Å²) in [6, 6.07) is 6.08. The van der Waals surface area contributed by atoms with Crippen LogP contribution < -0.4 is 0 Å². The van der Waals surface area contributed by atoms with Crippen LogP contribution in [0.25, 0.3) is 0 Å². The third-order valence-electron chi connectivity index (χ3n) is 3.66. The first kappa shape index (κ1) is 14.5. The molecule has 1 aromatic rings. The van der Waals surface area contributed by atoms with Crippen molar-refractivity contribution in [3.05, 3.63) is 35.6 Å². The maximum atomic E-state index is 12.8. The molecule has 1 N–H and O–H groups in total. The standard InChI is InChI=1S/C15H18FNO3/c16-13-6-3-11(4-7-13)5-8-14(18)17-9-1-2-12(10-17)15(19)20/h3-4,6-7,12H,1-2,5,8-10H2,(H,19,20). The molecular weight excluding hydrogens is 261 g/mol. The molecule has 1 aliphatic rings. The molecule has 1 fully saturated rings. The fraction of sp³-hybridized carbons (Fsp3) is 0.467. The Hall–Kier alpha value is -1.91. The van der Waals surface area contributed by atoms with Gasteiger partial charge in [-0.1, -0.05) is 12.1 Å². The largest absolute Gasteiger partial charge is 0.481 e. The molecule has 2 rings (SSSR count). The molecule has 1 aliphatic heterocycles. The second-order valence-corrected chi connectivity index (χ2v) is 5.14. The molecule has 0 bridgehead atoms. The number of amides is 1. The lowest BCUT2D eigenvalue weighted by Gasteiger charge is -2.30. The van der Waals surface area contributed by atoms with Crippen LogP contribution in [0, 0.1) is 11.7 Å². The summed E-state index contributed by atoms with van der Waals surface area (Å²) in [5.74, 6) is -1.60. The Morgan fingerprint density at radius 2 is 2.00 bits per heavy atom. The monoisotopic (exact) mass is 279 g/mol. The van der Waals surface area contributed by atoms with Crippen LogP contribution in [0.2, 0.25) is 0 Å². The average molecular weight is 279 g/mol. The molecule has 0 saturated carbocycles. The predicted molar refractivity (Wildman–Crippen MR) is 71.7 cm³/mol. The van der Waals surface area contributed by atoms with Gasteiger partial charge >= 0.3 is 5.97 Å². The van der Waals surface area contributed by atoms with Gasteiger partial charge in [0.25, 0.3) is 0 Å². The van der Waals surface area contributed by atoms with Gasteiger partial charge in [0.2, 0.25) is 5.91 Å². The minimum atomic E-state index is -0.832. The van der Waals surface area contributed by atoms with Crippen molar-refractivity contribution in [2.24, 2.45) is 5.92 Å². The highest BCUT2D eigenvalue weighted by molar-refractivity contribution is 5.78. The van der Waals surface area contributed by atoms with Gasteiger partial charge in [0.1, 0.15) is 5.82 Å². The summed E-state index contributed by atoms with van der Waals surface area (Å²) in [4.78, 5) is 24.7. The van der Waals surface area contributed by atoms with Crippen LogP contribution in [0.15, 0.2) is 24.3 Å². The molecule has 1 atom stereocenters. The van der Waals surface area contributed by atoms with E-state index in [9.17, 15) is 14.0 Å². The van der Waals surface area contributed by atoms with Crippen molar-refractivity contribution in [1.29, 1.82) is 0 Å². The number of carboxylic acids is 1. The molecule has 1 unspecified atom stereocenters. The van der Waals surface area contributed by atoms with Crippen molar-refractivity contribution < 1.29 is 19.1 Å². The summed E-state index contributed by atoms with van der Waals surface area (Å²) >= 11 is 0. The van der Waals surface area contributed by atoms with Gasteiger partial charge in [-0.05, 0) is 37.0 Å². The molecule has 0 spiro atoms. The molecule has 1 saturated heterocycles. The van der Waals surface area contributed by atoms with Gasteiger partial charge in [-0.2, -0.15) is 0 Å². The van der Waals surface area contributed by atoms with E-state index in [-0.39, 0.29) is 11.7 Å². The van der Waals surface area contributed by atoms with Crippen LogP contribution in [-0.2, 0) is 16.0 Å². The molecule has 0 radical (unpaired) electrons. The topological polar surface area (TPSA) is 57.6 Å². The molecule has 20 heavy (non-hydrogen) atoms. The predicted octanol–water partition coefficient (Wildman–Crippen LogP) is 2.08. The molecule has 4 nitrogen and oxygen atoms in total. The first-order chi connectivity index (χ1) is 9.56. The minimum absolute atomic E-state index is 0.0275. The third-order valence-corrected chi connectivity index (χ3v) is 3.66. The Morgan fingerprint density at radius 3 is 2.65 bits per heavy atom. The van der Waals surface area contributed by atoms with Gasteiger partial charge in [0, 0.05) is 19.5 Å². The first-order valence-corrected chi connectivity index (χ1v) is 6.81. The quantitative estimate of drug-likeness (QED) is 0.918. The zero-order valence-electron chi connectivity index (χ0n) is 11.2. The average Bonchev–Trinajstić information content (AvgIpc) is 2.46. The Labute approximate surface area is 117 Å². The fourth-order valence-corrected chi connectivity index (χ4v) is 2.47. The zero-order chi connectivity index (χ0) is 14.5. The summed E-state index contributed by atoms with van der Waals surface area (Å²) in [5, 5.41) is 9.00. The summed E-state index contributed by atoms with van der Waals surface area (Å²) in [7, 11) is 0. The third kappa shape index (κ3) is 3.79. The number of carbonyl (C=O) groups is 2. The summed E-state index contributed by atoms with van der Waals surface area (Å²) in [5.41, 5.74) is 0.909. The molecule has 1 aromatic carbocycles. The molecule has 1 heterocycles. The minimum Gasteiger partial charge on any atom is -0.481 e. The van der Waals surface area contributed by atoms with Gasteiger partial charge in [0.05, 0.1) is 5.92 Å². The molecule has 5 heteroatoms. The van der Waals surface area contributed by atoms with Gasteiger partial charge < -0.3 is 10.0 Å². The number of aryl methyl sites for hydroxylation is 1.